The molecule has 4 atom stereocenters. The van der Waals surface area contributed by atoms with Crippen LogP contribution in [0.1, 0.15) is 54.2 Å². The highest BCUT2D eigenvalue weighted by atomic mass is 79.9. The molecule has 0 aromatic heterocycles. The van der Waals surface area contributed by atoms with Gasteiger partial charge in [0.15, 0.2) is 5.78 Å². The zero-order chi connectivity index (χ0) is 24.8. The van der Waals surface area contributed by atoms with Crippen LogP contribution in [0.5, 0.6) is 5.75 Å². The summed E-state index contributed by atoms with van der Waals surface area (Å²) in [4.78, 5) is 28.1. The number of ketones is 1. The van der Waals surface area contributed by atoms with E-state index >= 15 is 0 Å². The molecule has 3 aromatic rings. The van der Waals surface area contributed by atoms with Crippen LogP contribution in [0, 0.1) is 5.41 Å². The van der Waals surface area contributed by atoms with Gasteiger partial charge >= 0.3 is 5.97 Å². The lowest BCUT2D eigenvalue weighted by Gasteiger charge is -2.42. The van der Waals surface area contributed by atoms with E-state index in [2.05, 4.69) is 21.2 Å². The van der Waals surface area contributed by atoms with Crippen molar-refractivity contribution in [2.75, 3.05) is 6.61 Å². The lowest BCUT2D eigenvalue weighted by molar-refractivity contribution is -0.157. The Balaban J connectivity index is 1.72. The van der Waals surface area contributed by atoms with Crippen molar-refractivity contribution in [2.45, 2.75) is 44.4 Å². The number of hydrogen-bond acceptors (Lipinski definition) is 5. The fourth-order valence-electron chi connectivity index (χ4n) is 5.41. The molecule has 5 nitrogen and oxygen atoms in total. The van der Waals surface area contributed by atoms with Crippen LogP contribution in [0.15, 0.2) is 83.3 Å². The topological polar surface area (TPSA) is 64.6 Å². The molecule has 5 rings (SSSR count). The van der Waals surface area contributed by atoms with Gasteiger partial charge in [-0.15, -0.1) is 0 Å². The van der Waals surface area contributed by atoms with Crippen LogP contribution in [0.4, 0.5) is 0 Å². The highest BCUT2D eigenvalue weighted by Gasteiger charge is 2.64. The van der Waals surface area contributed by atoms with Crippen LogP contribution >= 0.6 is 15.9 Å². The lowest BCUT2D eigenvalue weighted by Crippen LogP contribution is -2.48. The first kappa shape index (κ1) is 23.8. The molecule has 1 saturated heterocycles. The molecular formula is C29H28BrNO4. The normalized spacial score (nSPS) is 25.7. The standard InChI is InChI=1S/C29H28BrNO4/c1-28(2,3)35-27(33)24-23(18-9-5-4-6-10-18)29(25(31-24)19-13-15-20(30)16-14-19)17-34-22-12-8-7-11-21(22)26(29)32/h4-16,23-25,31H,17H2,1-3H3/t23-,24+,25+,29+/m1/s1. The van der Waals surface area contributed by atoms with Crippen LogP contribution in [0.25, 0.3) is 0 Å². The van der Waals surface area contributed by atoms with E-state index in [4.69, 9.17) is 9.47 Å². The number of para-hydroxylation sites is 1. The summed E-state index contributed by atoms with van der Waals surface area (Å²) in [6.07, 6.45) is 0. The number of hydrogen-bond donors (Lipinski definition) is 1. The maximum Gasteiger partial charge on any atom is 0.324 e. The lowest BCUT2D eigenvalue weighted by atomic mass is 9.62. The predicted molar refractivity (Wildman–Crippen MR) is 138 cm³/mol. The van der Waals surface area contributed by atoms with E-state index in [1.165, 1.54) is 0 Å². The van der Waals surface area contributed by atoms with E-state index in [-0.39, 0.29) is 18.4 Å². The average Bonchev–Trinajstić information content (AvgIpc) is 3.18. The molecule has 0 bridgehead atoms. The summed E-state index contributed by atoms with van der Waals surface area (Å²) in [6.45, 7) is 5.70. The SMILES string of the molecule is CC(C)(C)OC(=O)[C@H]1N[C@@H](c2ccc(Br)cc2)[C@]2(COc3ccccc3C2=O)[C@@H]1c1ccccc1. The molecule has 1 N–H and O–H groups in total. The molecule has 2 aliphatic rings. The highest BCUT2D eigenvalue weighted by molar-refractivity contribution is 9.10. The van der Waals surface area contributed by atoms with Gasteiger partial charge in [-0.05, 0) is 56.2 Å². The average molecular weight is 534 g/mol. The fraction of sp³-hybridized carbons (Fsp3) is 0.310. The second-order valence-electron chi connectivity index (χ2n) is 10.2. The summed E-state index contributed by atoms with van der Waals surface area (Å²) in [5.74, 6) is -0.324. The number of rotatable bonds is 3. The summed E-state index contributed by atoms with van der Waals surface area (Å²) in [6, 6.07) is 23.8. The summed E-state index contributed by atoms with van der Waals surface area (Å²) >= 11 is 3.51. The Kier molecular flexibility index (Phi) is 6.06. The Morgan fingerprint density at radius 3 is 2.31 bits per heavy atom. The molecule has 0 radical (unpaired) electrons. The molecule has 35 heavy (non-hydrogen) atoms. The van der Waals surface area contributed by atoms with Crippen molar-refractivity contribution in [1.29, 1.82) is 0 Å². The predicted octanol–water partition coefficient (Wildman–Crippen LogP) is 5.85. The number of halogens is 1. The number of ether oxygens (including phenoxy) is 2. The van der Waals surface area contributed by atoms with E-state index in [1.54, 1.807) is 6.07 Å². The van der Waals surface area contributed by atoms with Gasteiger partial charge in [0.25, 0.3) is 0 Å². The first-order chi connectivity index (χ1) is 16.7. The fourth-order valence-corrected chi connectivity index (χ4v) is 5.67. The van der Waals surface area contributed by atoms with Gasteiger partial charge in [-0.25, -0.2) is 0 Å². The molecule has 0 unspecified atom stereocenters. The van der Waals surface area contributed by atoms with Crippen LogP contribution < -0.4 is 10.1 Å². The second-order valence-corrected chi connectivity index (χ2v) is 11.1. The van der Waals surface area contributed by atoms with Crippen molar-refractivity contribution in [3.63, 3.8) is 0 Å². The molecule has 2 heterocycles. The van der Waals surface area contributed by atoms with Gasteiger partial charge in [-0.2, -0.15) is 0 Å². The van der Waals surface area contributed by atoms with E-state index in [1.807, 2.05) is 93.6 Å². The minimum atomic E-state index is -1.05. The summed E-state index contributed by atoms with van der Waals surface area (Å²) in [7, 11) is 0. The Hall–Kier alpha value is -2.96. The summed E-state index contributed by atoms with van der Waals surface area (Å²) in [5, 5.41) is 3.53. The maximum absolute atomic E-state index is 14.4. The summed E-state index contributed by atoms with van der Waals surface area (Å²) < 4.78 is 13.1. The van der Waals surface area contributed by atoms with Gasteiger partial charge in [0.05, 0.1) is 11.0 Å². The molecular weight excluding hydrogens is 506 g/mol. The van der Waals surface area contributed by atoms with E-state index in [0.717, 1.165) is 15.6 Å². The molecule has 1 fully saturated rings. The largest absolute Gasteiger partial charge is 0.492 e. The third-order valence-corrected chi connectivity index (χ3v) is 7.32. The number of nitrogens with one attached hydrogen (secondary N) is 1. The third kappa shape index (κ3) is 4.19. The van der Waals surface area contributed by atoms with E-state index < -0.39 is 29.0 Å². The third-order valence-electron chi connectivity index (χ3n) is 6.79. The van der Waals surface area contributed by atoms with Gasteiger partial charge in [0.2, 0.25) is 0 Å². The van der Waals surface area contributed by atoms with E-state index in [0.29, 0.717) is 11.3 Å². The van der Waals surface area contributed by atoms with Gasteiger partial charge in [-0.3, -0.25) is 14.9 Å². The number of carbonyl (C=O) groups excluding carboxylic acids is 2. The van der Waals surface area contributed by atoms with Crippen molar-refractivity contribution in [3.8, 4) is 5.75 Å². The molecule has 3 aromatic carbocycles. The van der Waals surface area contributed by atoms with Gasteiger partial charge in [-0.1, -0.05) is 70.5 Å². The molecule has 0 aliphatic carbocycles. The highest BCUT2D eigenvalue weighted by Crippen LogP contribution is 2.57. The number of fused-ring (bicyclic) bond motifs is 1. The monoisotopic (exact) mass is 533 g/mol. The Morgan fingerprint density at radius 1 is 0.971 bits per heavy atom. The van der Waals surface area contributed by atoms with Gasteiger partial charge in [0.1, 0.15) is 24.0 Å². The van der Waals surface area contributed by atoms with Gasteiger partial charge in [0, 0.05) is 16.4 Å². The maximum atomic E-state index is 14.4. The van der Waals surface area contributed by atoms with Crippen molar-refractivity contribution in [2.24, 2.45) is 5.41 Å². The van der Waals surface area contributed by atoms with Crippen LogP contribution in [-0.2, 0) is 9.53 Å². The smallest absolute Gasteiger partial charge is 0.324 e. The van der Waals surface area contributed by atoms with Crippen LogP contribution in [0.2, 0.25) is 0 Å². The molecule has 2 aliphatic heterocycles. The minimum absolute atomic E-state index is 0.0281. The van der Waals surface area contributed by atoms with Crippen molar-refractivity contribution in [3.05, 3.63) is 100 Å². The number of carbonyl (C=O) groups is 2. The molecule has 0 saturated carbocycles. The Bertz CT molecular complexity index is 1250. The van der Waals surface area contributed by atoms with E-state index in [9.17, 15) is 9.59 Å². The zero-order valence-electron chi connectivity index (χ0n) is 20.0. The van der Waals surface area contributed by atoms with Crippen molar-refractivity contribution in [1.82, 2.24) is 5.32 Å². The number of esters is 1. The first-order valence-corrected chi connectivity index (χ1v) is 12.6. The molecule has 1 spiro atoms. The zero-order valence-corrected chi connectivity index (χ0v) is 21.5. The van der Waals surface area contributed by atoms with Gasteiger partial charge < -0.3 is 9.47 Å². The number of Topliss-reactive ketones (excluding diaryl/α,β-unsaturated/α-hetero) is 1. The molecule has 6 heteroatoms. The Morgan fingerprint density at radius 2 is 1.63 bits per heavy atom. The Labute approximate surface area is 214 Å². The minimum Gasteiger partial charge on any atom is -0.492 e. The van der Waals surface area contributed by atoms with Crippen LogP contribution in [-0.4, -0.2) is 30.0 Å². The quantitative estimate of drug-likeness (QED) is 0.428. The van der Waals surface area contributed by atoms with Crippen molar-refractivity contribution >= 4 is 27.7 Å². The van der Waals surface area contributed by atoms with Crippen LogP contribution in [0.3, 0.4) is 0 Å². The molecule has 0 amide bonds. The number of benzene rings is 3. The second kappa shape index (κ2) is 8.92. The molecule has 180 valence electrons. The first-order valence-electron chi connectivity index (χ1n) is 11.8. The van der Waals surface area contributed by atoms with Crippen molar-refractivity contribution < 1.29 is 19.1 Å². The summed E-state index contributed by atoms with van der Waals surface area (Å²) in [5.41, 5.74) is 0.630.